The summed E-state index contributed by atoms with van der Waals surface area (Å²) in [6, 6.07) is 11.3. The fourth-order valence-electron chi connectivity index (χ4n) is 2.28. The Labute approximate surface area is 145 Å². The van der Waals surface area contributed by atoms with Crippen molar-refractivity contribution in [3.63, 3.8) is 0 Å². The number of rotatable bonds is 7. The number of phenols is 1. The topological polar surface area (TPSA) is 96.9 Å². The smallest absolute Gasteiger partial charge is 0.258 e. The average Bonchev–Trinajstić information content (AvgIpc) is 2.64. The molecule has 0 aliphatic carbocycles. The number of hydrogen-bond acceptors (Lipinski definition) is 5. The van der Waals surface area contributed by atoms with Crippen LogP contribution in [0.25, 0.3) is 0 Å². The predicted molar refractivity (Wildman–Crippen MR) is 92.3 cm³/mol. The van der Waals surface area contributed by atoms with Crippen LogP contribution in [-0.4, -0.2) is 44.2 Å². The molecule has 0 spiro atoms. The third-order valence-corrected chi connectivity index (χ3v) is 3.50. The maximum absolute atomic E-state index is 12.3. The van der Waals surface area contributed by atoms with E-state index in [2.05, 4.69) is 10.6 Å². The van der Waals surface area contributed by atoms with Crippen LogP contribution in [-0.2, 0) is 0 Å². The molecule has 25 heavy (non-hydrogen) atoms. The van der Waals surface area contributed by atoms with E-state index in [4.69, 9.17) is 9.47 Å². The van der Waals surface area contributed by atoms with Gasteiger partial charge in [-0.15, -0.1) is 0 Å². The molecule has 0 saturated carbocycles. The first-order valence-corrected chi connectivity index (χ1v) is 7.64. The standard InChI is InChI=1S/C18H20N2O5/c1-24-14-8-5-9-15(25-2)16(14)18(23)20-11-10-19-17(22)12-6-3-4-7-13(12)21/h3-9,21H,10-11H2,1-2H3,(H,19,22)(H,20,23). The van der Waals surface area contributed by atoms with Crippen molar-refractivity contribution in [1.82, 2.24) is 10.6 Å². The van der Waals surface area contributed by atoms with E-state index in [9.17, 15) is 14.7 Å². The van der Waals surface area contributed by atoms with Gasteiger partial charge < -0.3 is 25.2 Å². The quantitative estimate of drug-likeness (QED) is 0.663. The van der Waals surface area contributed by atoms with E-state index in [0.29, 0.717) is 17.1 Å². The Morgan fingerprint density at radius 1 is 0.880 bits per heavy atom. The van der Waals surface area contributed by atoms with Crippen molar-refractivity contribution >= 4 is 11.8 Å². The summed E-state index contributed by atoms with van der Waals surface area (Å²) in [5.74, 6) is -0.0821. The molecule has 132 valence electrons. The fourth-order valence-corrected chi connectivity index (χ4v) is 2.28. The van der Waals surface area contributed by atoms with E-state index < -0.39 is 5.91 Å². The Bertz CT molecular complexity index is 739. The number of para-hydroxylation sites is 1. The first-order chi connectivity index (χ1) is 12.1. The zero-order chi connectivity index (χ0) is 18.2. The maximum Gasteiger partial charge on any atom is 0.258 e. The normalized spacial score (nSPS) is 10.0. The molecule has 2 aromatic rings. The molecular weight excluding hydrogens is 324 g/mol. The van der Waals surface area contributed by atoms with Crippen molar-refractivity contribution in [2.75, 3.05) is 27.3 Å². The monoisotopic (exact) mass is 344 g/mol. The molecule has 0 bridgehead atoms. The van der Waals surface area contributed by atoms with E-state index in [1.165, 1.54) is 26.4 Å². The largest absolute Gasteiger partial charge is 0.507 e. The molecule has 2 rings (SSSR count). The van der Waals surface area contributed by atoms with Gasteiger partial charge in [0.15, 0.2) is 0 Å². The highest BCUT2D eigenvalue weighted by Crippen LogP contribution is 2.27. The first-order valence-electron chi connectivity index (χ1n) is 7.64. The first kappa shape index (κ1) is 18.1. The molecule has 0 radical (unpaired) electrons. The number of hydrogen-bond donors (Lipinski definition) is 3. The number of carbonyl (C=O) groups is 2. The van der Waals surface area contributed by atoms with Crippen LogP contribution in [0.5, 0.6) is 17.2 Å². The lowest BCUT2D eigenvalue weighted by atomic mass is 10.1. The summed E-state index contributed by atoms with van der Waals surface area (Å²) in [5, 5.41) is 15.0. The SMILES string of the molecule is COc1cccc(OC)c1C(=O)NCCNC(=O)c1ccccc1O. The molecule has 2 aromatic carbocycles. The molecule has 7 heteroatoms. The van der Waals surface area contributed by atoms with Gasteiger partial charge in [-0.2, -0.15) is 0 Å². The van der Waals surface area contributed by atoms with Gasteiger partial charge in [0.25, 0.3) is 11.8 Å². The molecular formula is C18H20N2O5. The lowest BCUT2D eigenvalue weighted by Crippen LogP contribution is -2.35. The van der Waals surface area contributed by atoms with Crippen molar-refractivity contribution in [2.45, 2.75) is 0 Å². The fraction of sp³-hybridized carbons (Fsp3) is 0.222. The molecule has 0 aliphatic rings. The molecule has 7 nitrogen and oxygen atoms in total. The van der Waals surface area contributed by atoms with Crippen molar-refractivity contribution in [3.8, 4) is 17.2 Å². The van der Waals surface area contributed by atoms with Crippen molar-refractivity contribution in [1.29, 1.82) is 0 Å². The highest BCUT2D eigenvalue weighted by Gasteiger charge is 2.17. The van der Waals surface area contributed by atoms with Gasteiger partial charge in [0, 0.05) is 13.1 Å². The summed E-state index contributed by atoms with van der Waals surface area (Å²) in [6.07, 6.45) is 0. The summed E-state index contributed by atoms with van der Waals surface area (Å²) in [7, 11) is 2.94. The van der Waals surface area contributed by atoms with E-state index >= 15 is 0 Å². The van der Waals surface area contributed by atoms with Gasteiger partial charge >= 0.3 is 0 Å². The Balaban J connectivity index is 1.91. The Morgan fingerprint density at radius 3 is 2.00 bits per heavy atom. The van der Waals surface area contributed by atoms with Crippen LogP contribution >= 0.6 is 0 Å². The van der Waals surface area contributed by atoms with Crippen molar-refractivity contribution in [3.05, 3.63) is 53.6 Å². The summed E-state index contributed by atoms with van der Waals surface area (Å²) in [6.45, 7) is 0.412. The zero-order valence-corrected chi connectivity index (χ0v) is 14.0. The number of benzene rings is 2. The van der Waals surface area contributed by atoms with Crippen LogP contribution in [0.3, 0.4) is 0 Å². The average molecular weight is 344 g/mol. The maximum atomic E-state index is 12.3. The van der Waals surface area contributed by atoms with Gasteiger partial charge in [-0.05, 0) is 24.3 Å². The van der Waals surface area contributed by atoms with Gasteiger partial charge in [0.05, 0.1) is 19.8 Å². The van der Waals surface area contributed by atoms with Gasteiger partial charge in [-0.3, -0.25) is 9.59 Å². The highest BCUT2D eigenvalue weighted by molar-refractivity contribution is 6.00. The molecule has 0 atom stereocenters. The minimum atomic E-state index is -0.415. The minimum absolute atomic E-state index is 0.0946. The summed E-state index contributed by atoms with van der Waals surface area (Å²) < 4.78 is 10.4. The number of aromatic hydroxyl groups is 1. The second-order valence-electron chi connectivity index (χ2n) is 5.07. The van der Waals surface area contributed by atoms with E-state index in [0.717, 1.165) is 0 Å². The number of phenolic OH excluding ortho intramolecular Hbond substituents is 1. The van der Waals surface area contributed by atoms with Crippen molar-refractivity contribution < 1.29 is 24.2 Å². The molecule has 0 heterocycles. The second-order valence-corrected chi connectivity index (χ2v) is 5.07. The Kier molecular flexibility index (Phi) is 6.22. The molecule has 2 amide bonds. The predicted octanol–water partition coefficient (Wildman–Crippen LogP) is 1.57. The molecule has 0 aromatic heterocycles. The van der Waals surface area contributed by atoms with Gasteiger partial charge in [0.1, 0.15) is 22.8 Å². The highest BCUT2D eigenvalue weighted by atomic mass is 16.5. The summed E-state index contributed by atoms with van der Waals surface area (Å²) in [5.41, 5.74) is 0.472. The Hall–Kier alpha value is -3.22. The van der Waals surface area contributed by atoms with Crippen LogP contribution in [0.2, 0.25) is 0 Å². The Morgan fingerprint density at radius 2 is 1.44 bits per heavy atom. The zero-order valence-electron chi connectivity index (χ0n) is 14.0. The number of ether oxygens (including phenoxy) is 2. The van der Waals surface area contributed by atoms with E-state index in [-0.39, 0.29) is 30.3 Å². The third kappa shape index (κ3) is 4.41. The number of methoxy groups -OCH3 is 2. The number of amides is 2. The van der Waals surface area contributed by atoms with Crippen LogP contribution in [0.1, 0.15) is 20.7 Å². The van der Waals surface area contributed by atoms with Crippen LogP contribution < -0.4 is 20.1 Å². The van der Waals surface area contributed by atoms with Crippen LogP contribution in [0.4, 0.5) is 0 Å². The van der Waals surface area contributed by atoms with Crippen molar-refractivity contribution in [2.24, 2.45) is 0 Å². The molecule has 0 fully saturated rings. The molecule has 0 aliphatic heterocycles. The lowest BCUT2D eigenvalue weighted by molar-refractivity contribution is 0.0922. The number of carbonyl (C=O) groups excluding carboxylic acids is 2. The molecule has 0 unspecified atom stereocenters. The van der Waals surface area contributed by atoms with E-state index in [1.807, 2.05) is 0 Å². The lowest BCUT2D eigenvalue weighted by Gasteiger charge is -2.13. The van der Waals surface area contributed by atoms with Gasteiger partial charge in [0.2, 0.25) is 0 Å². The summed E-state index contributed by atoms with van der Waals surface area (Å²) >= 11 is 0. The third-order valence-electron chi connectivity index (χ3n) is 3.50. The van der Waals surface area contributed by atoms with Gasteiger partial charge in [-0.1, -0.05) is 18.2 Å². The molecule has 3 N–H and O–H groups in total. The second kappa shape index (κ2) is 8.58. The molecule has 0 saturated heterocycles. The van der Waals surface area contributed by atoms with Crippen LogP contribution in [0, 0.1) is 0 Å². The number of nitrogens with one attached hydrogen (secondary N) is 2. The van der Waals surface area contributed by atoms with E-state index in [1.54, 1.807) is 30.3 Å². The van der Waals surface area contributed by atoms with Gasteiger partial charge in [-0.25, -0.2) is 0 Å². The minimum Gasteiger partial charge on any atom is -0.507 e. The van der Waals surface area contributed by atoms with Crippen LogP contribution in [0.15, 0.2) is 42.5 Å². The summed E-state index contributed by atoms with van der Waals surface area (Å²) in [4.78, 5) is 24.3.